The first-order valence-corrected chi connectivity index (χ1v) is 6.96. The van der Waals surface area contributed by atoms with E-state index in [4.69, 9.17) is 0 Å². The quantitative estimate of drug-likeness (QED) is 0.732. The minimum Gasteiger partial charge on any atom is -0.285 e. The van der Waals surface area contributed by atoms with Crippen LogP contribution in [0, 0.1) is 0 Å². The van der Waals surface area contributed by atoms with E-state index in [0.717, 1.165) is 31.4 Å². The molecule has 2 heteroatoms. The molecule has 3 rings (SSSR count). The van der Waals surface area contributed by atoms with Crippen LogP contribution in [-0.4, -0.2) is 5.91 Å². The Morgan fingerprint density at radius 2 is 1.83 bits per heavy atom. The van der Waals surface area contributed by atoms with Crippen molar-refractivity contribution in [1.82, 2.24) is 0 Å². The van der Waals surface area contributed by atoms with Crippen LogP contribution < -0.4 is 4.90 Å². The summed E-state index contributed by atoms with van der Waals surface area (Å²) in [5.41, 5.74) is 3.66. The van der Waals surface area contributed by atoms with Crippen molar-refractivity contribution in [2.24, 2.45) is 0 Å². The average Bonchev–Trinajstić information content (AvgIpc) is 2.58. The molecule has 2 nitrogen and oxygen atoms in total. The number of aryl methyl sites for hydroxylation is 1. The van der Waals surface area contributed by atoms with E-state index in [1.165, 1.54) is 24.1 Å². The molecule has 1 heterocycles. The van der Waals surface area contributed by atoms with Crippen LogP contribution in [0.2, 0.25) is 0 Å². The average molecular weight is 241 g/mol. The summed E-state index contributed by atoms with van der Waals surface area (Å²) in [6.07, 6.45) is 9.53. The van der Waals surface area contributed by atoms with E-state index in [0.29, 0.717) is 6.42 Å². The van der Waals surface area contributed by atoms with Crippen molar-refractivity contribution in [3.05, 3.63) is 41.6 Å². The number of rotatable bonds is 1. The van der Waals surface area contributed by atoms with Crippen LogP contribution in [0.4, 0.5) is 5.69 Å². The van der Waals surface area contributed by atoms with Gasteiger partial charge in [-0.1, -0.05) is 24.3 Å². The van der Waals surface area contributed by atoms with Gasteiger partial charge in [0.25, 0.3) is 0 Å². The van der Waals surface area contributed by atoms with Crippen molar-refractivity contribution in [1.29, 1.82) is 0 Å². The van der Waals surface area contributed by atoms with Gasteiger partial charge in [-0.15, -0.1) is 0 Å². The molecule has 1 aromatic rings. The molecule has 1 aliphatic carbocycles. The first kappa shape index (κ1) is 11.5. The number of hydrogen-bond acceptors (Lipinski definition) is 1. The van der Waals surface area contributed by atoms with Gasteiger partial charge in [-0.2, -0.15) is 0 Å². The molecule has 1 aliphatic heterocycles. The summed E-state index contributed by atoms with van der Waals surface area (Å²) in [6.45, 7) is 0. The van der Waals surface area contributed by atoms with Gasteiger partial charge in [0.05, 0.1) is 5.69 Å². The van der Waals surface area contributed by atoms with Crippen LogP contribution in [-0.2, 0) is 11.2 Å². The fraction of sp³-hybridized carbons (Fsp3) is 0.438. The zero-order valence-electron chi connectivity index (χ0n) is 10.7. The van der Waals surface area contributed by atoms with Crippen LogP contribution >= 0.6 is 0 Å². The van der Waals surface area contributed by atoms with Crippen LogP contribution in [0.15, 0.2) is 36.0 Å². The van der Waals surface area contributed by atoms with Crippen molar-refractivity contribution in [2.45, 2.75) is 44.9 Å². The predicted molar refractivity (Wildman–Crippen MR) is 73.4 cm³/mol. The topological polar surface area (TPSA) is 20.3 Å². The molecule has 0 fully saturated rings. The van der Waals surface area contributed by atoms with Crippen LogP contribution in [0.5, 0.6) is 0 Å². The summed E-state index contributed by atoms with van der Waals surface area (Å²) in [7, 11) is 0. The van der Waals surface area contributed by atoms with E-state index in [2.05, 4.69) is 24.3 Å². The fourth-order valence-corrected chi connectivity index (χ4v) is 2.96. The minimum absolute atomic E-state index is 0.271. The van der Waals surface area contributed by atoms with Crippen molar-refractivity contribution in [2.75, 3.05) is 4.90 Å². The number of carbonyl (C=O) groups is 1. The molecule has 0 N–H and O–H groups in total. The maximum atomic E-state index is 12.4. The number of hydrogen-bond donors (Lipinski definition) is 0. The standard InChI is InChI=1S/C16H19NO/c18-16-12-6-8-13-7-4-5-11-15(13)17(16)14-9-2-1-3-10-14/h4-5,7,9,11H,1-3,6,8,10,12H2. The van der Waals surface area contributed by atoms with Crippen molar-refractivity contribution in [3.8, 4) is 0 Å². The predicted octanol–water partition coefficient (Wildman–Crippen LogP) is 3.81. The van der Waals surface area contributed by atoms with E-state index in [-0.39, 0.29) is 5.91 Å². The molecule has 0 saturated carbocycles. The van der Waals surface area contributed by atoms with Crippen LogP contribution in [0.25, 0.3) is 0 Å². The van der Waals surface area contributed by atoms with Gasteiger partial charge in [-0.3, -0.25) is 9.69 Å². The normalized spacial score (nSPS) is 20.1. The Hall–Kier alpha value is -1.57. The number of nitrogens with zero attached hydrogens (tertiary/aromatic N) is 1. The van der Waals surface area contributed by atoms with Crippen molar-refractivity contribution < 1.29 is 4.79 Å². The number of benzene rings is 1. The first-order chi connectivity index (χ1) is 8.86. The van der Waals surface area contributed by atoms with Gasteiger partial charge in [0, 0.05) is 12.1 Å². The maximum absolute atomic E-state index is 12.4. The Kier molecular flexibility index (Phi) is 3.18. The van der Waals surface area contributed by atoms with E-state index in [9.17, 15) is 4.79 Å². The Labute approximate surface area is 108 Å². The highest BCUT2D eigenvalue weighted by molar-refractivity contribution is 5.97. The summed E-state index contributed by atoms with van der Waals surface area (Å²) >= 11 is 0. The number of carbonyl (C=O) groups excluding carboxylic acids is 1. The first-order valence-electron chi connectivity index (χ1n) is 6.96. The number of allylic oxidation sites excluding steroid dienone is 2. The zero-order valence-corrected chi connectivity index (χ0v) is 10.7. The molecule has 1 amide bonds. The Bertz CT molecular complexity index is 490. The van der Waals surface area contributed by atoms with Gasteiger partial charge < -0.3 is 0 Å². The second-order valence-electron chi connectivity index (χ2n) is 5.15. The third-order valence-corrected chi connectivity index (χ3v) is 3.87. The van der Waals surface area contributed by atoms with E-state index in [1.54, 1.807) is 0 Å². The molecule has 0 atom stereocenters. The van der Waals surface area contributed by atoms with Crippen LogP contribution in [0.1, 0.15) is 44.1 Å². The highest BCUT2D eigenvalue weighted by Crippen LogP contribution is 2.33. The molecule has 0 saturated heterocycles. The van der Waals surface area contributed by atoms with Gasteiger partial charge in [0.15, 0.2) is 0 Å². The van der Waals surface area contributed by atoms with Crippen molar-refractivity contribution in [3.63, 3.8) is 0 Å². The Morgan fingerprint density at radius 1 is 0.944 bits per heavy atom. The fourth-order valence-electron chi connectivity index (χ4n) is 2.96. The summed E-state index contributed by atoms with van der Waals surface area (Å²) in [5, 5.41) is 0. The number of fused-ring (bicyclic) bond motifs is 1. The molecule has 0 bridgehead atoms. The molecular weight excluding hydrogens is 222 g/mol. The van der Waals surface area contributed by atoms with Gasteiger partial charge in [0.2, 0.25) is 5.91 Å². The van der Waals surface area contributed by atoms with Crippen LogP contribution in [0.3, 0.4) is 0 Å². The van der Waals surface area contributed by atoms with Crippen molar-refractivity contribution >= 4 is 11.6 Å². The molecule has 2 aliphatic rings. The van der Waals surface area contributed by atoms with E-state index in [1.807, 2.05) is 11.0 Å². The molecule has 0 aromatic heterocycles. The monoisotopic (exact) mass is 241 g/mol. The molecule has 18 heavy (non-hydrogen) atoms. The largest absolute Gasteiger partial charge is 0.285 e. The summed E-state index contributed by atoms with van der Waals surface area (Å²) in [6, 6.07) is 8.36. The molecule has 1 aromatic carbocycles. The highest BCUT2D eigenvalue weighted by atomic mass is 16.2. The van der Waals surface area contributed by atoms with Gasteiger partial charge in [-0.25, -0.2) is 0 Å². The third kappa shape index (κ3) is 2.07. The second kappa shape index (κ2) is 4.97. The maximum Gasteiger partial charge on any atom is 0.231 e. The molecule has 94 valence electrons. The zero-order chi connectivity index (χ0) is 12.4. The molecule has 0 unspecified atom stereocenters. The number of amides is 1. The lowest BCUT2D eigenvalue weighted by Gasteiger charge is -2.28. The minimum atomic E-state index is 0.271. The summed E-state index contributed by atoms with van der Waals surface area (Å²) < 4.78 is 0. The molecule has 0 spiro atoms. The smallest absolute Gasteiger partial charge is 0.231 e. The number of anilines is 1. The van der Waals surface area contributed by atoms with Gasteiger partial charge in [0.1, 0.15) is 0 Å². The SMILES string of the molecule is O=C1CCCc2ccccc2N1C1=CCCCC1. The lowest BCUT2D eigenvalue weighted by Crippen LogP contribution is -2.30. The number of para-hydroxylation sites is 1. The second-order valence-corrected chi connectivity index (χ2v) is 5.15. The molecule has 0 radical (unpaired) electrons. The lowest BCUT2D eigenvalue weighted by atomic mass is 10.0. The van der Waals surface area contributed by atoms with Gasteiger partial charge in [-0.05, 0) is 50.2 Å². The lowest BCUT2D eigenvalue weighted by molar-refractivity contribution is -0.118. The van der Waals surface area contributed by atoms with E-state index >= 15 is 0 Å². The van der Waals surface area contributed by atoms with E-state index < -0.39 is 0 Å². The Morgan fingerprint density at radius 3 is 2.67 bits per heavy atom. The molecular formula is C16H19NO. The van der Waals surface area contributed by atoms with Gasteiger partial charge >= 0.3 is 0 Å². The highest BCUT2D eigenvalue weighted by Gasteiger charge is 2.25. The summed E-state index contributed by atoms with van der Waals surface area (Å²) in [4.78, 5) is 14.3. The summed E-state index contributed by atoms with van der Waals surface area (Å²) in [5.74, 6) is 0.271. The Balaban J connectivity index is 2.04. The third-order valence-electron chi connectivity index (χ3n) is 3.87.